The third-order valence-electron chi connectivity index (χ3n) is 4.92. The first kappa shape index (κ1) is 19.2. The topological polar surface area (TPSA) is 62.5 Å². The lowest BCUT2D eigenvalue weighted by Crippen LogP contribution is -2.48. The summed E-state index contributed by atoms with van der Waals surface area (Å²) in [6.07, 6.45) is 3.37. The van der Waals surface area contributed by atoms with Crippen LogP contribution in [0.15, 0.2) is 59.1 Å². The van der Waals surface area contributed by atoms with E-state index in [9.17, 15) is 4.79 Å². The van der Waals surface area contributed by atoms with E-state index in [-0.39, 0.29) is 5.91 Å². The number of halogens is 1. The molecule has 29 heavy (non-hydrogen) atoms. The quantitative estimate of drug-likeness (QED) is 0.609. The van der Waals surface area contributed by atoms with Crippen LogP contribution in [0, 0.1) is 6.92 Å². The van der Waals surface area contributed by atoms with Crippen LogP contribution >= 0.6 is 11.6 Å². The fourth-order valence-electron chi connectivity index (χ4n) is 3.30. The standard InChI is InChI=1S/C22H21ClN4O2/c1-16-24-22(25-29-16)18-6-9-19(10-7-18)26-12-14-27(15-13-26)21(28)11-8-17-4-2-3-5-20(17)23/h2-11H,12-15H2,1H3/b11-8+. The summed E-state index contributed by atoms with van der Waals surface area (Å²) >= 11 is 6.14. The minimum Gasteiger partial charge on any atom is -0.368 e. The van der Waals surface area contributed by atoms with Gasteiger partial charge in [0.1, 0.15) is 0 Å². The molecule has 2 heterocycles. The number of amides is 1. The number of carbonyl (C=O) groups excluding carboxylic acids is 1. The third-order valence-corrected chi connectivity index (χ3v) is 5.26. The molecule has 1 aromatic heterocycles. The van der Waals surface area contributed by atoms with Crippen molar-refractivity contribution in [2.24, 2.45) is 0 Å². The van der Waals surface area contributed by atoms with Gasteiger partial charge >= 0.3 is 0 Å². The Morgan fingerprint density at radius 3 is 2.45 bits per heavy atom. The van der Waals surface area contributed by atoms with E-state index in [0.717, 1.165) is 29.9 Å². The Morgan fingerprint density at radius 2 is 1.79 bits per heavy atom. The predicted molar refractivity (Wildman–Crippen MR) is 114 cm³/mol. The number of aromatic nitrogens is 2. The molecule has 4 rings (SSSR count). The van der Waals surface area contributed by atoms with Gasteiger partial charge in [-0.2, -0.15) is 4.98 Å². The fraction of sp³-hybridized carbons (Fsp3) is 0.227. The molecule has 0 spiro atoms. The van der Waals surface area contributed by atoms with Gasteiger partial charge in [-0.15, -0.1) is 0 Å². The molecule has 0 atom stereocenters. The highest BCUT2D eigenvalue weighted by Gasteiger charge is 2.20. The molecular weight excluding hydrogens is 388 g/mol. The molecule has 0 radical (unpaired) electrons. The summed E-state index contributed by atoms with van der Waals surface area (Å²) < 4.78 is 5.03. The zero-order valence-corrected chi connectivity index (χ0v) is 16.8. The van der Waals surface area contributed by atoms with Gasteiger partial charge < -0.3 is 14.3 Å². The first-order valence-corrected chi connectivity index (χ1v) is 9.85. The first-order chi connectivity index (χ1) is 14.1. The summed E-state index contributed by atoms with van der Waals surface area (Å²) in [5, 5.41) is 4.58. The third kappa shape index (κ3) is 4.49. The molecule has 0 bridgehead atoms. The van der Waals surface area contributed by atoms with Crippen molar-refractivity contribution >= 4 is 29.3 Å². The van der Waals surface area contributed by atoms with Crippen LogP contribution in [-0.2, 0) is 4.79 Å². The number of hydrogen-bond acceptors (Lipinski definition) is 5. The molecule has 148 valence electrons. The average Bonchev–Trinajstić information content (AvgIpc) is 3.19. The van der Waals surface area contributed by atoms with Crippen LogP contribution in [0.3, 0.4) is 0 Å². The molecule has 0 N–H and O–H groups in total. The van der Waals surface area contributed by atoms with E-state index in [2.05, 4.69) is 27.2 Å². The molecule has 1 fully saturated rings. The van der Waals surface area contributed by atoms with Gasteiger partial charge in [0.15, 0.2) is 0 Å². The minimum atomic E-state index is 0.00685. The largest absolute Gasteiger partial charge is 0.368 e. The van der Waals surface area contributed by atoms with Crippen molar-refractivity contribution in [3.8, 4) is 11.4 Å². The number of aryl methyl sites for hydroxylation is 1. The summed E-state index contributed by atoms with van der Waals surface area (Å²) in [6.45, 7) is 4.70. The Bertz CT molecular complexity index is 1020. The number of hydrogen-bond donors (Lipinski definition) is 0. The van der Waals surface area contributed by atoms with Crippen molar-refractivity contribution in [1.29, 1.82) is 0 Å². The Labute approximate surface area is 174 Å². The van der Waals surface area contributed by atoms with Crippen LogP contribution in [-0.4, -0.2) is 47.1 Å². The van der Waals surface area contributed by atoms with Gasteiger partial charge in [-0.25, -0.2) is 0 Å². The summed E-state index contributed by atoms with van der Waals surface area (Å²) in [6, 6.07) is 15.6. The lowest BCUT2D eigenvalue weighted by atomic mass is 10.1. The van der Waals surface area contributed by atoms with E-state index >= 15 is 0 Å². The monoisotopic (exact) mass is 408 g/mol. The maximum absolute atomic E-state index is 12.5. The lowest BCUT2D eigenvalue weighted by Gasteiger charge is -2.35. The van der Waals surface area contributed by atoms with E-state index in [1.807, 2.05) is 41.3 Å². The predicted octanol–water partition coefficient (Wildman–Crippen LogP) is 4.06. The highest BCUT2D eigenvalue weighted by molar-refractivity contribution is 6.32. The molecule has 2 aromatic carbocycles. The second-order valence-electron chi connectivity index (χ2n) is 6.85. The van der Waals surface area contributed by atoms with E-state index in [1.54, 1.807) is 19.1 Å². The number of benzene rings is 2. The first-order valence-electron chi connectivity index (χ1n) is 9.47. The van der Waals surface area contributed by atoms with Gasteiger partial charge in [-0.05, 0) is 42.0 Å². The fourth-order valence-corrected chi connectivity index (χ4v) is 3.50. The summed E-state index contributed by atoms with van der Waals surface area (Å²) in [4.78, 5) is 20.9. The SMILES string of the molecule is Cc1nc(-c2ccc(N3CCN(C(=O)/C=C/c4ccccc4Cl)CC3)cc2)no1. The van der Waals surface area contributed by atoms with Crippen LogP contribution < -0.4 is 4.90 Å². The summed E-state index contributed by atoms with van der Waals surface area (Å²) in [7, 11) is 0. The molecule has 1 aliphatic heterocycles. The van der Waals surface area contributed by atoms with E-state index in [4.69, 9.17) is 16.1 Å². The molecule has 1 aliphatic rings. The van der Waals surface area contributed by atoms with Crippen LogP contribution in [0.5, 0.6) is 0 Å². The van der Waals surface area contributed by atoms with Crippen molar-refractivity contribution in [1.82, 2.24) is 15.0 Å². The summed E-state index contributed by atoms with van der Waals surface area (Å²) in [5.41, 5.74) is 2.88. The molecule has 1 amide bonds. The van der Waals surface area contributed by atoms with Crippen LogP contribution in [0.25, 0.3) is 17.5 Å². The van der Waals surface area contributed by atoms with Gasteiger partial charge in [0.2, 0.25) is 17.6 Å². The number of piperazine rings is 1. The van der Waals surface area contributed by atoms with Crippen molar-refractivity contribution in [3.05, 3.63) is 71.1 Å². The molecule has 1 saturated heterocycles. The van der Waals surface area contributed by atoms with Crippen LogP contribution in [0.4, 0.5) is 5.69 Å². The van der Waals surface area contributed by atoms with E-state index in [1.165, 1.54) is 0 Å². The van der Waals surface area contributed by atoms with Gasteiger partial charge in [-0.1, -0.05) is 35.0 Å². The van der Waals surface area contributed by atoms with Gasteiger partial charge in [-0.3, -0.25) is 4.79 Å². The molecular formula is C22H21ClN4O2. The van der Waals surface area contributed by atoms with Crippen molar-refractivity contribution in [2.45, 2.75) is 6.92 Å². The number of anilines is 1. The Morgan fingerprint density at radius 1 is 1.07 bits per heavy atom. The summed E-state index contributed by atoms with van der Waals surface area (Å²) in [5.74, 6) is 1.15. The van der Waals surface area contributed by atoms with E-state index in [0.29, 0.717) is 29.8 Å². The molecule has 7 heteroatoms. The molecule has 0 saturated carbocycles. The normalized spacial score (nSPS) is 14.6. The second kappa shape index (κ2) is 8.49. The Hall–Kier alpha value is -3.12. The zero-order chi connectivity index (χ0) is 20.2. The molecule has 0 aliphatic carbocycles. The van der Waals surface area contributed by atoms with Gasteiger partial charge in [0, 0.05) is 55.5 Å². The van der Waals surface area contributed by atoms with Crippen molar-refractivity contribution in [2.75, 3.05) is 31.1 Å². The van der Waals surface area contributed by atoms with Crippen molar-refractivity contribution < 1.29 is 9.32 Å². The Kier molecular flexibility index (Phi) is 5.62. The maximum atomic E-state index is 12.5. The van der Waals surface area contributed by atoms with Crippen molar-refractivity contribution in [3.63, 3.8) is 0 Å². The zero-order valence-electron chi connectivity index (χ0n) is 16.1. The highest BCUT2D eigenvalue weighted by Crippen LogP contribution is 2.22. The molecule has 6 nitrogen and oxygen atoms in total. The lowest BCUT2D eigenvalue weighted by molar-refractivity contribution is -0.126. The molecule has 3 aromatic rings. The van der Waals surface area contributed by atoms with Gasteiger partial charge in [0.25, 0.3) is 0 Å². The molecule has 0 unspecified atom stereocenters. The number of carbonyl (C=O) groups is 1. The minimum absolute atomic E-state index is 0.00685. The highest BCUT2D eigenvalue weighted by atomic mass is 35.5. The van der Waals surface area contributed by atoms with Gasteiger partial charge in [0.05, 0.1) is 0 Å². The van der Waals surface area contributed by atoms with Crippen LogP contribution in [0.2, 0.25) is 5.02 Å². The Balaban J connectivity index is 1.34. The number of rotatable bonds is 4. The average molecular weight is 409 g/mol. The maximum Gasteiger partial charge on any atom is 0.246 e. The van der Waals surface area contributed by atoms with Crippen LogP contribution in [0.1, 0.15) is 11.5 Å². The second-order valence-corrected chi connectivity index (χ2v) is 7.26. The van der Waals surface area contributed by atoms with E-state index < -0.39 is 0 Å². The smallest absolute Gasteiger partial charge is 0.246 e. The number of nitrogens with zero attached hydrogens (tertiary/aromatic N) is 4.